The molecule has 1 aromatic heterocycles. The van der Waals surface area contributed by atoms with Crippen molar-refractivity contribution < 1.29 is 5.11 Å². The average molecular weight is 194 g/mol. The Balaban J connectivity index is 2.72. The molecule has 0 bridgehead atoms. The Kier molecular flexibility index (Phi) is 3.89. The Morgan fingerprint density at radius 3 is 2.71 bits per heavy atom. The van der Waals surface area contributed by atoms with E-state index in [4.69, 9.17) is 0 Å². The molecule has 0 unspecified atom stereocenters. The fraction of sp³-hybridized carbons (Fsp3) is 0.545. The summed E-state index contributed by atoms with van der Waals surface area (Å²) < 4.78 is 0. The zero-order chi connectivity index (χ0) is 10.6. The normalized spacial score (nSPS) is 12.9. The maximum Gasteiger partial charge on any atom is 0.0635 e. The van der Waals surface area contributed by atoms with Gasteiger partial charge >= 0.3 is 0 Å². The molecule has 0 saturated carbocycles. The van der Waals surface area contributed by atoms with Gasteiger partial charge in [-0.05, 0) is 24.5 Å². The first-order chi connectivity index (χ1) is 6.65. The zero-order valence-corrected chi connectivity index (χ0v) is 8.99. The molecule has 3 heteroatoms. The lowest BCUT2D eigenvalue weighted by Gasteiger charge is -2.22. The summed E-state index contributed by atoms with van der Waals surface area (Å²) in [5.41, 5.74) is 2.15. The number of hydrogen-bond donors (Lipinski definition) is 2. The van der Waals surface area contributed by atoms with Gasteiger partial charge in [0, 0.05) is 18.1 Å². The molecule has 0 radical (unpaired) electrons. The molecule has 0 aliphatic rings. The van der Waals surface area contributed by atoms with Gasteiger partial charge in [-0.3, -0.25) is 4.98 Å². The van der Waals surface area contributed by atoms with Crippen molar-refractivity contribution in [2.45, 2.75) is 26.8 Å². The minimum Gasteiger partial charge on any atom is -0.394 e. The topological polar surface area (TPSA) is 45.2 Å². The van der Waals surface area contributed by atoms with Gasteiger partial charge < -0.3 is 10.4 Å². The van der Waals surface area contributed by atoms with Crippen LogP contribution >= 0.6 is 0 Å². The molecular weight excluding hydrogens is 176 g/mol. The van der Waals surface area contributed by atoms with E-state index in [1.807, 2.05) is 19.2 Å². The standard InChI is InChI=1S/C11H18N2O/c1-8(2)11(7-14)13-10-4-5-12-6-9(10)3/h4-6,8,11,14H,7H2,1-3H3,(H,12,13)/t11-/m1/s1. The minimum absolute atomic E-state index is 0.107. The predicted octanol–water partition coefficient (Wildman–Crippen LogP) is 1.82. The Bertz CT molecular complexity index is 286. The summed E-state index contributed by atoms with van der Waals surface area (Å²) in [4.78, 5) is 4.02. The Morgan fingerprint density at radius 1 is 1.50 bits per heavy atom. The van der Waals surface area contributed by atoms with E-state index in [9.17, 15) is 5.11 Å². The summed E-state index contributed by atoms with van der Waals surface area (Å²) in [6.45, 7) is 6.33. The molecule has 1 heterocycles. The number of aliphatic hydroxyl groups is 1. The van der Waals surface area contributed by atoms with E-state index in [1.165, 1.54) is 0 Å². The Hall–Kier alpha value is -1.09. The zero-order valence-electron chi connectivity index (χ0n) is 8.99. The van der Waals surface area contributed by atoms with Crippen LogP contribution in [-0.2, 0) is 0 Å². The SMILES string of the molecule is Cc1cnccc1N[C@H](CO)C(C)C. The van der Waals surface area contributed by atoms with Crippen LogP contribution in [0.1, 0.15) is 19.4 Å². The maximum atomic E-state index is 9.17. The van der Waals surface area contributed by atoms with Crippen LogP contribution < -0.4 is 5.32 Å². The van der Waals surface area contributed by atoms with Crippen LogP contribution in [0.3, 0.4) is 0 Å². The molecule has 0 aliphatic heterocycles. The van der Waals surface area contributed by atoms with Gasteiger partial charge in [0.05, 0.1) is 12.6 Å². The van der Waals surface area contributed by atoms with Gasteiger partial charge in [0.25, 0.3) is 0 Å². The third kappa shape index (κ3) is 2.70. The molecule has 0 spiro atoms. The summed E-state index contributed by atoms with van der Waals surface area (Å²) in [5, 5.41) is 12.5. The summed E-state index contributed by atoms with van der Waals surface area (Å²) in [5.74, 6) is 0.410. The first-order valence-electron chi connectivity index (χ1n) is 4.93. The molecule has 14 heavy (non-hydrogen) atoms. The van der Waals surface area contributed by atoms with Crippen LogP contribution in [0.25, 0.3) is 0 Å². The van der Waals surface area contributed by atoms with Crippen molar-refractivity contribution >= 4 is 5.69 Å². The number of rotatable bonds is 4. The van der Waals surface area contributed by atoms with Crippen molar-refractivity contribution in [3.8, 4) is 0 Å². The number of nitrogens with zero attached hydrogens (tertiary/aromatic N) is 1. The molecule has 2 N–H and O–H groups in total. The van der Waals surface area contributed by atoms with Gasteiger partial charge in [-0.2, -0.15) is 0 Å². The lowest BCUT2D eigenvalue weighted by Crippen LogP contribution is -2.29. The molecule has 1 rings (SSSR count). The van der Waals surface area contributed by atoms with Crippen LogP contribution in [-0.4, -0.2) is 22.7 Å². The smallest absolute Gasteiger partial charge is 0.0635 e. The van der Waals surface area contributed by atoms with E-state index in [2.05, 4.69) is 24.1 Å². The van der Waals surface area contributed by atoms with Crippen molar-refractivity contribution in [3.05, 3.63) is 24.0 Å². The fourth-order valence-electron chi connectivity index (χ4n) is 1.26. The van der Waals surface area contributed by atoms with Gasteiger partial charge in [-0.1, -0.05) is 13.8 Å². The van der Waals surface area contributed by atoms with Gasteiger partial charge in [0.1, 0.15) is 0 Å². The third-order valence-electron chi connectivity index (χ3n) is 2.36. The first kappa shape index (κ1) is 11.0. The number of aromatic nitrogens is 1. The van der Waals surface area contributed by atoms with E-state index in [0.29, 0.717) is 5.92 Å². The highest BCUT2D eigenvalue weighted by Crippen LogP contribution is 2.15. The summed E-state index contributed by atoms with van der Waals surface area (Å²) in [7, 11) is 0. The highest BCUT2D eigenvalue weighted by molar-refractivity contribution is 5.49. The van der Waals surface area contributed by atoms with Crippen molar-refractivity contribution in [2.75, 3.05) is 11.9 Å². The summed E-state index contributed by atoms with van der Waals surface area (Å²) in [6.07, 6.45) is 3.57. The molecule has 78 valence electrons. The quantitative estimate of drug-likeness (QED) is 0.768. The van der Waals surface area contributed by atoms with Crippen molar-refractivity contribution in [3.63, 3.8) is 0 Å². The highest BCUT2D eigenvalue weighted by atomic mass is 16.3. The average Bonchev–Trinajstić information content (AvgIpc) is 2.16. The fourth-order valence-corrected chi connectivity index (χ4v) is 1.26. The molecule has 1 aromatic rings. The molecule has 1 atom stereocenters. The second-order valence-corrected chi connectivity index (χ2v) is 3.87. The predicted molar refractivity (Wildman–Crippen MR) is 58.3 cm³/mol. The Labute approximate surface area is 85.2 Å². The third-order valence-corrected chi connectivity index (χ3v) is 2.36. The number of aliphatic hydroxyl groups excluding tert-OH is 1. The number of anilines is 1. The van der Waals surface area contributed by atoms with E-state index in [1.54, 1.807) is 6.20 Å². The summed E-state index contributed by atoms with van der Waals surface area (Å²) in [6, 6.07) is 2.04. The summed E-state index contributed by atoms with van der Waals surface area (Å²) >= 11 is 0. The van der Waals surface area contributed by atoms with E-state index < -0.39 is 0 Å². The van der Waals surface area contributed by atoms with Gasteiger partial charge in [0.2, 0.25) is 0 Å². The molecule has 3 nitrogen and oxygen atoms in total. The molecule has 0 saturated heterocycles. The van der Waals surface area contributed by atoms with Crippen LogP contribution in [0.2, 0.25) is 0 Å². The largest absolute Gasteiger partial charge is 0.394 e. The second-order valence-electron chi connectivity index (χ2n) is 3.87. The monoisotopic (exact) mass is 194 g/mol. The van der Waals surface area contributed by atoms with Crippen molar-refractivity contribution in [1.29, 1.82) is 0 Å². The van der Waals surface area contributed by atoms with Crippen LogP contribution in [0.4, 0.5) is 5.69 Å². The maximum absolute atomic E-state index is 9.17. The van der Waals surface area contributed by atoms with E-state index in [-0.39, 0.29) is 12.6 Å². The first-order valence-corrected chi connectivity index (χ1v) is 4.93. The number of nitrogens with one attached hydrogen (secondary N) is 1. The van der Waals surface area contributed by atoms with E-state index in [0.717, 1.165) is 11.3 Å². The lowest BCUT2D eigenvalue weighted by molar-refractivity contribution is 0.249. The number of hydrogen-bond acceptors (Lipinski definition) is 3. The van der Waals surface area contributed by atoms with Gasteiger partial charge in [0.15, 0.2) is 0 Å². The minimum atomic E-state index is 0.107. The molecule has 0 fully saturated rings. The van der Waals surface area contributed by atoms with E-state index >= 15 is 0 Å². The van der Waals surface area contributed by atoms with Gasteiger partial charge in [-0.15, -0.1) is 0 Å². The molecular formula is C11H18N2O. The highest BCUT2D eigenvalue weighted by Gasteiger charge is 2.12. The second kappa shape index (κ2) is 4.96. The van der Waals surface area contributed by atoms with Crippen LogP contribution in [0, 0.1) is 12.8 Å². The number of pyridine rings is 1. The van der Waals surface area contributed by atoms with Gasteiger partial charge in [-0.25, -0.2) is 0 Å². The number of aryl methyl sites for hydroxylation is 1. The molecule has 0 amide bonds. The van der Waals surface area contributed by atoms with Crippen molar-refractivity contribution in [1.82, 2.24) is 4.98 Å². The molecule has 0 aromatic carbocycles. The van der Waals surface area contributed by atoms with Crippen LogP contribution in [0.5, 0.6) is 0 Å². The Morgan fingerprint density at radius 2 is 2.21 bits per heavy atom. The van der Waals surface area contributed by atoms with Crippen LogP contribution in [0.15, 0.2) is 18.5 Å². The van der Waals surface area contributed by atoms with Crippen molar-refractivity contribution in [2.24, 2.45) is 5.92 Å². The molecule has 0 aliphatic carbocycles. The lowest BCUT2D eigenvalue weighted by atomic mass is 10.0.